The highest BCUT2D eigenvalue weighted by atomic mass is 32.1. The SMILES string of the molecule is Fc1cccc(/C=N\NC(=S)NC2CCCCC2)c1. The van der Waals surface area contributed by atoms with Crippen LogP contribution in [0.15, 0.2) is 29.4 Å². The van der Waals surface area contributed by atoms with E-state index in [4.69, 9.17) is 12.2 Å². The molecule has 0 radical (unpaired) electrons. The van der Waals surface area contributed by atoms with E-state index in [0.717, 1.165) is 12.8 Å². The van der Waals surface area contributed by atoms with Crippen LogP contribution in [0.2, 0.25) is 0 Å². The molecular formula is C14H18FN3S. The summed E-state index contributed by atoms with van der Waals surface area (Å²) in [6.45, 7) is 0. The Labute approximate surface area is 118 Å². The fourth-order valence-corrected chi connectivity index (χ4v) is 2.44. The van der Waals surface area contributed by atoms with E-state index >= 15 is 0 Å². The summed E-state index contributed by atoms with van der Waals surface area (Å²) in [5.41, 5.74) is 3.47. The van der Waals surface area contributed by atoms with Crippen LogP contribution >= 0.6 is 12.2 Å². The summed E-state index contributed by atoms with van der Waals surface area (Å²) in [5, 5.41) is 7.78. The molecule has 1 aliphatic rings. The van der Waals surface area contributed by atoms with Gasteiger partial charge in [-0.15, -0.1) is 0 Å². The molecule has 2 N–H and O–H groups in total. The van der Waals surface area contributed by atoms with Gasteiger partial charge in [-0.1, -0.05) is 31.4 Å². The van der Waals surface area contributed by atoms with E-state index < -0.39 is 0 Å². The van der Waals surface area contributed by atoms with E-state index in [0.29, 0.717) is 16.7 Å². The fraction of sp³-hybridized carbons (Fsp3) is 0.429. The van der Waals surface area contributed by atoms with Gasteiger partial charge in [0.15, 0.2) is 5.11 Å². The average molecular weight is 279 g/mol. The Morgan fingerprint density at radius 1 is 1.32 bits per heavy atom. The van der Waals surface area contributed by atoms with E-state index in [2.05, 4.69) is 15.8 Å². The molecule has 19 heavy (non-hydrogen) atoms. The summed E-state index contributed by atoms with van der Waals surface area (Å²) in [4.78, 5) is 0. The highest BCUT2D eigenvalue weighted by Crippen LogP contribution is 2.17. The molecule has 0 aromatic heterocycles. The lowest BCUT2D eigenvalue weighted by atomic mass is 9.96. The third-order valence-corrected chi connectivity index (χ3v) is 3.38. The highest BCUT2D eigenvalue weighted by Gasteiger charge is 2.13. The second-order valence-electron chi connectivity index (χ2n) is 4.73. The van der Waals surface area contributed by atoms with Crippen molar-refractivity contribution in [2.75, 3.05) is 0 Å². The minimum absolute atomic E-state index is 0.271. The summed E-state index contributed by atoms with van der Waals surface area (Å²) in [6, 6.07) is 6.71. The third-order valence-electron chi connectivity index (χ3n) is 3.17. The molecule has 0 bridgehead atoms. The maximum absolute atomic E-state index is 12.9. The molecule has 0 saturated heterocycles. The van der Waals surface area contributed by atoms with Crippen molar-refractivity contribution in [1.29, 1.82) is 0 Å². The first kappa shape index (κ1) is 13.9. The normalized spacial score (nSPS) is 16.5. The van der Waals surface area contributed by atoms with Gasteiger partial charge in [0.2, 0.25) is 0 Å². The van der Waals surface area contributed by atoms with Crippen molar-refractivity contribution >= 4 is 23.5 Å². The Hall–Kier alpha value is -1.49. The van der Waals surface area contributed by atoms with Gasteiger partial charge in [0.1, 0.15) is 5.82 Å². The molecule has 1 saturated carbocycles. The summed E-state index contributed by atoms with van der Waals surface area (Å²) in [7, 11) is 0. The van der Waals surface area contributed by atoms with Crippen molar-refractivity contribution in [3.05, 3.63) is 35.6 Å². The van der Waals surface area contributed by atoms with Crippen LogP contribution in [0.3, 0.4) is 0 Å². The van der Waals surface area contributed by atoms with Gasteiger partial charge in [-0.2, -0.15) is 5.10 Å². The zero-order valence-electron chi connectivity index (χ0n) is 10.7. The number of thiocarbonyl (C=S) groups is 1. The van der Waals surface area contributed by atoms with Crippen molar-refractivity contribution < 1.29 is 4.39 Å². The van der Waals surface area contributed by atoms with Crippen LogP contribution in [-0.2, 0) is 0 Å². The fourth-order valence-electron chi connectivity index (χ4n) is 2.22. The van der Waals surface area contributed by atoms with Gasteiger partial charge in [-0.25, -0.2) is 4.39 Å². The second-order valence-corrected chi connectivity index (χ2v) is 5.14. The molecular weight excluding hydrogens is 261 g/mol. The van der Waals surface area contributed by atoms with Crippen molar-refractivity contribution in [2.45, 2.75) is 38.1 Å². The topological polar surface area (TPSA) is 36.4 Å². The molecule has 1 aromatic carbocycles. The van der Waals surface area contributed by atoms with Gasteiger partial charge in [0.05, 0.1) is 6.21 Å². The average Bonchev–Trinajstić information content (AvgIpc) is 2.40. The molecule has 0 aliphatic heterocycles. The van der Waals surface area contributed by atoms with Crippen LogP contribution in [0.1, 0.15) is 37.7 Å². The maximum Gasteiger partial charge on any atom is 0.187 e. The number of halogens is 1. The van der Waals surface area contributed by atoms with Gasteiger partial charge in [0, 0.05) is 6.04 Å². The van der Waals surface area contributed by atoms with Gasteiger partial charge in [-0.3, -0.25) is 5.43 Å². The predicted octanol–water partition coefficient (Wildman–Crippen LogP) is 2.96. The number of nitrogens with zero attached hydrogens (tertiary/aromatic N) is 1. The van der Waals surface area contributed by atoms with Crippen molar-refractivity contribution in [3.63, 3.8) is 0 Å². The highest BCUT2D eigenvalue weighted by molar-refractivity contribution is 7.80. The second kappa shape index (κ2) is 7.19. The molecule has 0 atom stereocenters. The zero-order valence-corrected chi connectivity index (χ0v) is 11.5. The standard InChI is InChI=1S/C14H18FN3S/c15-12-6-4-5-11(9-12)10-16-18-14(19)17-13-7-2-1-3-8-13/h4-6,9-10,13H,1-3,7-8H2,(H2,17,18,19)/b16-10-. The van der Waals surface area contributed by atoms with Crippen molar-refractivity contribution in [2.24, 2.45) is 5.10 Å². The number of hydrogen-bond acceptors (Lipinski definition) is 2. The van der Waals surface area contributed by atoms with Gasteiger partial charge < -0.3 is 5.32 Å². The lowest BCUT2D eigenvalue weighted by Crippen LogP contribution is -2.40. The Kier molecular flexibility index (Phi) is 5.27. The molecule has 2 rings (SSSR count). The molecule has 0 heterocycles. The van der Waals surface area contributed by atoms with E-state index in [1.54, 1.807) is 18.3 Å². The number of benzene rings is 1. The molecule has 0 amide bonds. The quantitative estimate of drug-likeness (QED) is 0.507. The number of rotatable bonds is 3. The smallest absolute Gasteiger partial charge is 0.187 e. The summed E-state index contributed by atoms with van der Waals surface area (Å²) >= 11 is 5.17. The molecule has 1 fully saturated rings. The van der Waals surface area contributed by atoms with E-state index in [1.807, 2.05) is 0 Å². The first-order chi connectivity index (χ1) is 9.24. The lowest BCUT2D eigenvalue weighted by molar-refractivity contribution is 0.412. The third kappa shape index (κ3) is 4.95. The first-order valence-electron chi connectivity index (χ1n) is 6.59. The van der Waals surface area contributed by atoms with Crippen LogP contribution in [0, 0.1) is 5.82 Å². The molecule has 3 nitrogen and oxygen atoms in total. The van der Waals surface area contributed by atoms with Gasteiger partial charge in [0.25, 0.3) is 0 Å². The van der Waals surface area contributed by atoms with Crippen LogP contribution < -0.4 is 10.7 Å². The summed E-state index contributed by atoms with van der Waals surface area (Å²) in [6.07, 6.45) is 7.71. The minimum atomic E-state index is -0.271. The van der Waals surface area contributed by atoms with Crippen LogP contribution in [0.5, 0.6) is 0 Å². The van der Waals surface area contributed by atoms with Crippen molar-refractivity contribution in [3.8, 4) is 0 Å². The minimum Gasteiger partial charge on any atom is -0.359 e. The Balaban J connectivity index is 1.76. The van der Waals surface area contributed by atoms with Gasteiger partial charge >= 0.3 is 0 Å². The number of nitrogens with one attached hydrogen (secondary N) is 2. The van der Waals surface area contributed by atoms with E-state index in [-0.39, 0.29) is 5.82 Å². The van der Waals surface area contributed by atoms with Crippen LogP contribution in [0.25, 0.3) is 0 Å². The van der Waals surface area contributed by atoms with Crippen molar-refractivity contribution in [1.82, 2.24) is 10.7 Å². The maximum atomic E-state index is 12.9. The van der Waals surface area contributed by atoms with Crippen LogP contribution in [0.4, 0.5) is 4.39 Å². The van der Waals surface area contributed by atoms with Crippen LogP contribution in [-0.4, -0.2) is 17.4 Å². The first-order valence-corrected chi connectivity index (χ1v) is 7.00. The predicted molar refractivity (Wildman–Crippen MR) is 79.7 cm³/mol. The largest absolute Gasteiger partial charge is 0.359 e. The Morgan fingerprint density at radius 2 is 2.11 bits per heavy atom. The molecule has 102 valence electrons. The van der Waals surface area contributed by atoms with Gasteiger partial charge in [-0.05, 0) is 42.8 Å². The Morgan fingerprint density at radius 3 is 2.84 bits per heavy atom. The monoisotopic (exact) mass is 279 g/mol. The van der Waals surface area contributed by atoms with E-state index in [9.17, 15) is 4.39 Å². The zero-order chi connectivity index (χ0) is 13.5. The lowest BCUT2D eigenvalue weighted by Gasteiger charge is -2.23. The van der Waals surface area contributed by atoms with E-state index in [1.165, 1.54) is 31.4 Å². The molecule has 5 heteroatoms. The molecule has 0 unspecified atom stereocenters. The molecule has 1 aromatic rings. The molecule has 1 aliphatic carbocycles. The number of hydrogen-bond donors (Lipinski definition) is 2. The summed E-state index contributed by atoms with van der Waals surface area (Å²) < 4.78 is 12.9. The summed E-state index contributed by atoms with van der Waals surface area (Å²) in [5.74, 6) is -0.271. The number of hydrazone groups is 1. The molecule has 0 spiro atoms. The Bertz CT molecular complexity index is 456.